The number of nitrogens with zero attached hydrogens (tertiary/aromatic N) is 2. The SMILES string of the molecule is CCCC12CC3CC(CN)(C1)CC(C(CC)C(CO[N+](=O)[O-])O[N+](=O)[O-])(C3)C2. The van der Waals surface area contributed by atoms with Gasteiger partial charge in [-0.1, -0.05) is 26.7 Å². The van der Waals surface area contributed by atoms with Crippen molar-refractivity contribution in [3.63, 3.8) is 0 Å². The Bertz CT molecular complexity index is 618. The van der Waals surface area contributed by atoms with E-state index in [1.54, 1.807) is 0 Å². The predicted octanol–water partition coefficient (Wildman–Crippen LogP) is 3.51. The van der Waals surface area contributed by atoms with Crippen molar-refractivity contribution in [3.8, 4) is 0 Å². The summed E-state index contributed by atoms with van der Waals surface area (Å²) in [6, 6.07) is 0. The van der Waals surface area contributed by atoms with Crippen molar-refractivity contribution in [1.82, 2.24) is 0 Å². The molecule has 0 amide bonds. The molecule has 0 radical (unpaired) electrons. The van der Waals surface area contributed by atoms with Gasteiger partial charge in [-0.05, 0) is 79.6 Å². The molecule has 160 valence electrons. The molecule has 4 rings (SSSR count). The van der Waals surface area contributed by atoms with Gasteiger partial charge in [-0.3, -0.25) is 0 Å². The summed E-state index contributed by atoms with van der Waals surface area (Å²) in [5.74, 6) is 0.413. The Balaban J connectivity index is 1.94. The molecule has 4 fully saturated rings. The van der Waals surface area contributed by atoms with Crippen LogP contribution < -0.4 is 5.73 Å². The number of rotatable bonds is 11. The van der Waals surface area contributed by atoms with E-state index in [1.165, 1.54) is 6.42 Å². The normalized spacial score (nSPS) is 38.0. The smallest absolute Gasteiger partial charge is 0.294 e. The maximum absolute atomic E-state index is 11.1. The van der Waals surface area contributed by atoms with Crippen molar-refractivity contribution in [2.75, 3.05) is 13.2 Å². The molecule has 0 spiro atoms. The standard InChI is InChI=1S/C19H33N3O6/c1-3-5-17-6-14-7-18(10-17,13-20)12-19(8-14,11-17)15(4-2)16(28-22(25)26)9-27-21(23)24/h14-16H,3-13,20H2,1-2H3. The molecule has 2 N–H and O–H groups in total. The van der Waals surface area contributed by atoms with Gasteiger partial charge < -0.3 is 15.4 Å². The summed E-state index contributed by atoms with van der Waals surface area (Å²) in [6.45, 7) is 4.43. The summed E-state index contributed by atoms with van der Waals surface area (Å²) in [5.41, 5.74) is 6.49. The highest BCUT2D eigenvalue weighted by Crippen LogP contribution is 2.73. The van der Waals surface area contributed by atoms with Gasteiger partial charge in [-0.2, -0.15) is 0 Å². The highest BCUT2D eigenvalue weighted by molar-refractivity contribution is 5.15. The van der Waals surface area contributed by atoms with Crippen LogP contribution in [0.2, 0.25) is 0 Å². The first-order chi connectivity index (χ1) is 13.2. The Kier molecular flexibility index (Phi) is 5.76. The Morgan fingerprint density at radius 3 is 2.32 bits per heavy atom. The summed E-state index contributed by atoms with van der Waals surface area (Å²) in [6.07, 6.45) is 8.44. The molecule has 0 aromatic heterocycles. The van der Waals surface area contributed by atoms with Gasteiger partial charge in [0.2, 0.25) is 0 Å². The lowest BCUT2D eigenvalue weighted by molar-refractivity contribution is -0.792. The van der Waals surface area contributed by atoms with Gasteiger partial charge in [0, 0.05) is 0 Å². The Morgan fingerprint density at radius 2 is 1.75 bits per heavy atom. The van der Waals surface area contributed by atoms with Gasteiger partial charge in [0.15, 0.2) is 0 Å². The first-order valence-electron chi connectivity index (χ1n) is 10.5. The molecular weight excluding hydrogens is 366 g/mol. The fourth-order valence-corrected chi connectivity index (χ4v) is 7.93. The first-order valence-corrected chi connectivity index (χ1v) is 10.5. The van der Waals surface area contributed by atoms with Gasteiger partial charge in [0.1, 0.15) is 12.7 Å². The second-order valence-corrected chi connectivity index (χ2v) is 9.73. The van der Waals surface area contributed by atoms with E-state index < -0.39 is 22.9 Å². The van der Waals surface area contributed by atoms with E-state index in [0.717, 1.165) is 44.9 Å². The lowest BCUT2D eigenvalue weighted by Gasteiger charge is -2.69. The minimum atomic E-state index is -0.935. The third-order valence-corrected chi connectivity index (χ3v) is 7.80. The molecule has 4 aliphatic carbocycles. The molecule has 0 aromatic rings. The molecule has 0 aliphatic heterocycles. The van der Waals surface area contributed by atoms with Crippen LogP contribution in [0.1, 0.15) is 71.6 Å². The lowest BCUT2D eigenvalue weighted by Crippen LogP contribution is -2.62. The predicted molar refractivity (Wildman–Crippen MR) is 101 cm³/mol. The summed E-state index contributed by atoms with van der Waals surface area (Å²) in [4.78, 5) is 31.4. The van der Waals surface area contributed by atoms with E-state index in [1.807, 2.05) is 6.92 Å². The molecular formula is C19H33N3O6. The molecule has 9 heteroatoms. The maximum atomic E-state index is 11.1. The van der Waals surface area contributed by atoms with Gasteiger partial charge in [0.25, 0.3) is 10.2 Å². The largest absolute Gasteiger partial charge is 0.330 e. The van der Waals surface area contributed by atoms with Crippen LogP contribution in [-0.2, 0) is 9.68 Å². The van der Waals surface area contributed by atoms with Crippen LogP contribution in [0.15, 0.2) is 0 Å². The van der Waals surface area contributed by atoms with Crippen molar-refractivity contribution in [2.24, 2.45) is 33.8 Å². The highest BCUT2D eigenvalue weighted by atomic mass is 17.0. The Hall–Kier alpha value is -1.64. The van der Waals surface area contributed by atoms with Crippen molar-refractivity contribution < 1.29 is 19.8 Å². The van der Waals surface area contributed by atoms with E-state index in [-0.39, 0.29) is 22.2 Å². The van der Waals surface area contributed by atoms with Crippen LogP contribution in [0, 0.1) is 48.3 Å². The summed E-state index contributed by atoms with van der Waals surface area (Å²) in [5, 5.41) is 20.1. The average molecular weight is 399 g/mol. The quantitative estimate of drug-likeness (QED) is 0.415. The van der Waals surface area contributed by atoms with Crippen molar-refractivity contribution >= 4 is 0 Å². The van der Waals surface area contributed by atoms with Crippen LogP contribution in [0.3, 0.4) is 0 Å². The zero-order valence-corrected chi connectivity index (χ0v) is 16.9. The Labute approximate surface area is 165 Å². The van der Waals surface area contributed by atoms with Gasteiger partial charge in [0.05, 0.1) is 0 Å². The minimum Gasteiger partial charge on any atom is -0.330 e. The van der Waals surface area contributed by atoms with Gasteiger partial charge in [-0.25, -0.2) is 0 Å². The monoisotopic (exact) mass is 399 g/mol. The van der Waals surface area contributed by atoms with Gasteiger partial charge >= 0.3 is 0 Å². The second kappa shape index (κ2) is 7.65. The molecule has 28 heavy (non-hydrogen) atoms. The van der Waals surface area contributed by atoms with E-state index in [0.29, 0.717) is 18.9 Å². The molecule has 0 aromatic carbocycles. The third-order valence-electron chi connectivity index (χ3n) is 7.80. The fourth-order valence-electron chi connectivity index (χ4n) is 7.93. The van der Waals surface area contributed by atoms with Crippen LogP contribution in [0.25, 0.3) is 0 Å². The fraction of sp³-hybridized carbons (Fsp3) is 1.00. The second-order valence-electron chi connectivity index (χ2n) is 9.73. The summed E-state index contributed by atoms with van der Waals surface area (Å²) >= 11 is 0. The molecule has 4 bridgehead atoms. The molecule has 6 atom stereocenters. The van der Waals surface area contributed by atoms with Crippen LogP contribution in [0.4, 0.5) is 0 Å². The number of hydrogen-bond donors (Lipinski definition) is 1. The van der Waals surface area contributed by atoms with Crippen LogP contribution in [-0.4, -0.2) is 29.4 Å². The maximum Gasteiger partial charge on any atom is 0.294 e. The third kappa shape index (κ3) is 3.77. The minimum absolute atomic E-state index is 0.0884. The van der Waals surface area contributed by atoms with E-state index >= 15 is 0 Å². The van der Waals surface area contributed by atoms with Crippen LogP contribution >= 0.6 is 0 Å². The molecule has 9 nitrogen and oxygen atoms in total. The summed E-state index contributed by atoms with van der Waals surface area (Å²) < 4.78 is 0. The van der Waals surface area contributed by atoms with Crippen molar-refractivity contribution in [1.29, 1.82) is 0 Å². The number of nitrogens with two attached hydrogens (primary N) is 1. The Morgan fingerprint density at radius 1 is 1.07 bits per heavy atom. The summed E-state index contributed by atoms with van der Waals surface area (Å²) in [7, 11) is 0. The van der Waals surface area contributed by atoms with Crippen molar-refractivity contribution in [2.45, 2.75) is 77.7 Å². The average Bonchev–Trinajstić information content (AvgIpc) is 2.58. The van der Waals surface area contributed by atoms with E-state index in [2.05, 4.69) is 11.8 Å². The zero-order chi connectivity index (χ0) is 20.6. The molecule has 0 saturated heterocycles. The zero-order valence-electron chi connectivity index (χ0n) is 16.9. The van der Waals surface area contributed by atoms with Crippen LogP contribution in [0.5, 0.6) is 0 Å². The van der Waals surface area contributed by atoms with Gasteiger partial charge in [-0.15, -0.1) is 20.2 Å². The molecule has 4 aliphatic rings. The van der Waals surface area contributed by atoms with E-state index in [9.17, 15) is 20.2 Å². The first kappa shape index (κ1) is 21.1. The molecule has 4 saturated carbocycles. The van der Waals surface area contributed by atoms with E-state index in [4.69, 9.17) is 10.6 Å². The molecule has 0 heterocycles. The van der Waals surface area contributed by atoms with Crippen molar-refractivity contribution in [3.05, 3.63) is 20.2 Å². The molecule has 6 unspecified atom stereocenters. The number of hydrogen-bond acceptors (Lipinski definition) is 7. The lowest BCUT2D eigenvalue weighted by atomic mass is 9.36. The topological polar surface area (TPSA) is 131 Å². The highest BCUT2D eigenvalue weighted by Gasteiger charge is 2.64.